The van der Waals surface area contributed by atoms with E-state index in [9.17, 15) is 9.90 Å². The second-order valence-corrected chi connectivity index (χ2v) is 13.3. The fourth-order valence-electron chi connectivity index (χ4n) is 5.58. The number of anilines is 1. The van der Waals surface area contributed by atoms with Gasteiger partial charge in [-0.05, 0) is 73.1 Å². The van der Waals surface area contributed by atoms with Gasteiger partial charge in [-0.1, -0.05) is 12.1 Å². The summed E-state index contributed by atoms with van der Waals surface area (Å²) in [4.78, 5) is 30.0. The summed E-state index contributed by atoms with van der Waals surface area (Å²) >= 11 is 4.21. The zero-order valence-corrected chi connectivity index (χ0v) is 24.7. The van der Waals surface area contributed by atoms with Crippen LogP contribution in [0.4, 0.5) is 5.82 Å². The number of aromatic nitrogens is 2. The Balaban J connectivity index is 1.31. The van der Waals surface area contributed by atoms with Crippen LogP contribution in [-0.4, -0.2) is 82.6 Å². The van der Waals surface area contributed by atoms with E-state index < -0.39 is 0 Å². The number of carbonyl (C=O) groups excluding carboxylic acids is 1. The first kappa shape index (κ1) is 25.9. The number of phenols is 1. The van der Waals surface area contributed by atoms with Crippen molar-refractivity contribution < 1.29 is 14.6 Å². The monoisotopic (exact) mass is 645 g/mol. The molecule has 0 radical (unpaired) electrons. The van der Waals surface area contributed by atoms with E-state index in [0.29, 0.717) is 31.3 Å². The number of ether oxygens (including phenoxy) is 1. The van der Waals surface area contributed by atoms with Crippen LogP contribution in [0.2, 0.25) is 0 Å². The van der Waals surface area contributed by atoms with Crippen LogP contribution in [0.1, 0.15) is 34.5 Å². The Labute approximate surface area is 240 Å². The molecule has 2 aromatic carbocycles. The van der Waals surface area contributed by atoms with E-state index in [1.54, 1.807) is 12.1 Å². The number of benzene rings is 2. The summed E-state index contributed by atoms with van der Waals surface area (Å²) < 4.78 is 7.22. The van der Waals surface area contributed by atoms with Crippen molar-refractivity contribution >= 4 is 56.9 Å². The molecule has 200 valence electrons. The van der Waals surface area contributed by atoms with Gasteiger partial charge in [-0.3, -0.25) is 4.79 Å². The quantitative estimate of drug-likeness (QED) is 0.380. The topological polar surface area (TPSA) is 82.0 Å². The van der Waals surface area contributed by atoms with Gasteiger partial charge in [-0.2, -0.15) is 21.7 Å². The summed E-state index contributed by atoms with van der Waals surface area (Å²) in [5, 5.41) is 12.1. The molecule has 10 heteroatoms. The van der Waals surface area contributed by atoms with Crippen molar-refractivity contribution in [2.45, 2.75) is 25.9 Å². The molecule has 38 heavy (non-hydrogen) atoms. The molecule has 0 bridgehead atoms. The van der Waals surface area contributed by atoms with Gasteiger partial charge in [0.2, 0.25) is 0 Å². The molecule has 8 nitrogen and oxygen atoms in total. The predicted molar refractivity (Wildman–Crippen MR) is 159 cm³/mol. The SMILES string of the molecule is CN(C)CC1(COc2nc3c(c(N4CCSCC4)n2)CN(C(=O)c2cc(O)cc4cccc(I)c24)C3)CC1. The summed E-state index contributed by atoms with van der Waals surface area (Å²) in [6.07, 6.45) is 2.32. The lowest BCUT2D eigenvalue weighted by atomic mass is 10.0. The van der Waals surface area contributed by atoms with Crippen molar-refractivity contribution in [3.05, 3.63) is 50.7 Å². The molecule has 0 atom stereocenters. The first-order valence-electron chi connectivity index (χ1n) is 13.0. The minimum Gasteiger partial charge on any atom is -0.508 e. The fourth-order valence-corrected chi connectivity index (χ4v) is 7.29. The number of phenolic OH excluding ortho intramolecular Hbond substituents is 1. The Morgan fingerprint density at radius 2 is 1.97 bits per heavy atom. The van der Waals surface area contributed by atoms with Crippen LogP contribution in [0.15, 0.2) is 30.3 Å². The summed E-state index contributed by atoms with van der Waals surface area (Å²) in [6.45, 7) is 4.27. The summed E-state index contributed by atoms with van der Waals surface area (Å²) in [6, 6.07) is 9.55. The Kier molecular flexibility index (Phi) is 7.06. The standard InChI is InChI=1S/C28H32IN5O3S/c1-32(2)16-28(6-7-28)17-37-27-30-23-15-34(14-21(23)25(31-27)33-8-10-38-11-9-33)26(36)20-13-19(35)12-18-4-3-5-22(29)24(18)20/h3-5,12-13,35H,6-11,14-17H2,1-2H3. The number of thioether (sulfide) groups is 1. The number of hydrogen-bond donors (Lipinski definition) is 1. The fraction of sp³-hybridized carbons (Fsp3) is 0.464. The minimum absolute atomic E-state index is 0.0910. The zero-order valence-electron chi connectivity index (χ0n) is 21.7. The number of fused-ring (bicyclic) bond motifs is 2. The maximum atomic E-state index is 13.9. The van der Waals surface area contributed by atoms with Crippen LogP contribution >= 0.6 is 34.4 Å². The summed E-state index contributed by atoms with van der Waals surface area (Å²) in [7, 11) is 4.20. The molecule has 6 rings (SSSR count). The maximum absolute atomic E-state index is 13.9. The van der Waals surface area contributed by atoms with Gasteiger partial charge in [0.1, 0.15) is 11.6 Å². The van der Waals surface area contributed by atoms with E-state index in [1.165, 1.54) is 0 Å². The second-order valence-electron chi connectivity index (χ2n) is 10.9. The van der Waals surface area contributed by atoms with Gasteiger partial charge in [0.25, 0.3) is 5.91 Å². The molecule has 0 spiro atoms. The summed E-state index contributed by atoms with van der Waals surface area (Å²) in [5.41, 5.74) is 2.56. The Bertz CT molecular complexity index is 1390. The lowest BCUT2D eigenvalue weighted by Crippen LogP contribution is -2.34. The lowest BCUT2D eigenvalue weighted by molar-refractivity contribution is 0.0752. The molecule has 3 aliphatic rings. The maximum Gasteiger partial charge on any atom is 0.318 e. The van der Waals surface area contributed by atoms with Crippen molar-refractivity contribution in [3.63, 3.8) is 0 Å². The molecule has 2 fully saturated rings. The van der Waals surface area contributed by atoms with Gasteiger partial charge >= 0.3 is 6.01 Å². The van der Waals surface area contributed by atoms with Crippen LogP contribution in [0, 0.1) is 8.99 Å². The number of halogens is 1. The number of aromatic hydroxyl groups is 1. The van der Waals surface area contributed by atoms with E-state index in [4.69, 9.17) is 14.7 Å². The van der Waals surface area contributed by atoms with Crippen LogP contribution in [0.5, 0.6) is 11.8 Å². The zero-order chi connectivity index (χ0) is 26.4. The van der Waals surface area contributed by atoms with E-state index in [0.717, 1.165) is 75.4 Å². The molecule has 1 aromatic heterocycles. The van der Waals surface area contributed by atoms with Crippen molar-refractivity contribution in [1.29, 1.82) is 0 Å². The van der Waals surface area contributed by atoms with E-state index in [1.807, 2.05) is 34.9 Å². The highest BCUT2D eigenvalue weighted by Gasteiger charge is 2.44. The van der Waals surface area contributed by atoms with E-state index >= 15 is 0 Å². The smallest absolute Gasteiger partial charge is 0.318 e. The van der Waals surface area contributed by atoms with Gasteiger partial charge in [-0.25, -0.2) is 0 Å². The molecule has 0 unspecified atom stereocenters. The third kappa shape index (κ3) is 5.14. The first-order valence-corrected chi connectivity index (χ1v) is 15.3. The number of rotatable bonds is 7. The van der Waals surface area contributed by atoms with Gasteiger partial charge in [-0.15, -0.1) is 0 Å². The highest BCUT2D eigenvalue weighted by Crippen LogP contribution is 2.46. The molecular weight excluding hydrogens is 613 g/mol. The Morgan fingerprint density at radius 3 is 2.71 bits per heavy atom. The van der Waals surface area contributed by atoms with Crippen LogP contribution in [-0.2, 0) is 13.1 Å². The van der Waals surface area contributed by atoms with Crippen molar-refractivity contribution in [2.75, 3.05) is 56.7 Å². The van der Waals surface area contributed by atoms with Crippen molar-refractivity contribution in [2.24, 2.45) is 5.41 Å². The minimum atomic E-state index is -0.112. The molecule has 1 saturated heterocycles. The molecule has 3 aromatic rings. The van der Waals surface area contributed by atoms with Gasteiger partial charge < -0.3 is 24.5 Å². The molecule has 2 aliphatic heterocycles. The van der Waals surface area contributed by atoms with E-state index in [2.05, 4.69) is 46.5 Å². The average molecular weight is 646 g/mol. The predicted octanol–water partition coefficient (Wildman–Crippen LogP) is 4.37. The highest BCUT2D eigenvalue weighted by atomic mass is 127. The highest BCUT2D eigenvalue weighted by molar-refractivity contribution is 14.1. The second kappa shape index (κ2) is 10.3. The largest absolute Gasteiger partial charge is 0.508 e. The van der Waals surface area contributed by atoms with Crippen LogP contribution in [0.3, 0.4) is 0 Å². The Morgan fingerprint density at radius 1 is 1.18 bits per heavy atom. The number of hydrogen-bond acceptors (Lipinski definition) is 8. The third-order valence-corrected chi connectivity index (χ3v) is 9.44. The van der Waals surface area contributed by atoms with Crippen molar-refractivity contribution in [3.8, 4) is 11.8 Å². The third-order valence-electron chi connectivity index (χ3n) is 7.60. The van der Waals surface area contributed by atoms with Crippen LogP contribution in [0.25, 0.3) is 10.8 Å². The number of carbonyl (C=O) groups is 1. The van der Waals surface area contributed by atoms with Crippen molar-refractivity contribution in [1.82, 2.24) is 19.8 Å². The van der Waals surface area contributed by atoms with Gasteiger partial charge in [0.15, 0.2) is 0 Å². The number of amides is 1. The molecule has 1 N–H and O–H groups in total. The lowest BCUT2D eigenvalue weighted by Gasteiger charge is -2.29. The van der Waals surface area contributed by atoms with Gasteiger partial charge in [0.05, 0.1) is 31.0 Å². The normalized spacial score (nSPS) is 18.2. The Hall–Kier alpha value is -2.31. The van der Waals surface area contributed by atoms with E-state index in [-0.39, 0.29) is 17.1 Å². The molecular formula is C28H32IN5O3S. The average Bonchev–Trinajstić information content (AvgIpc) is 3.52. The molecule has 3 heterocycles. The summed E-state index contributed by atoms with van der Waals surface area (Å²) in [5.74, 6) is 2.98. The van der Waals surface area contributed by atoms with Gasteiger partial charge in [0, 0.05) is 51.1 Å². The molecule has 1 amide bonds. The first-order chi connectivity index (χ1) is 18.3. The molecule has 1 aliphatic carbocycles. The van der Waals surface area contributed by atoms with Crippen LogP contribution < -0.4 is 9.64 Å². The number of nitrogens with zero attached hydrogens (tertiary/aromatic N) is 5. The molecule has 1 saturated carbocycles.